The number of thioether (sulfide) groups is 1. The number of carbonyl (C=O) groups excluding carboxylic acids is 3. The van der Waals surface area contributed by atoms with Crippen LogP contribution in [0.1, 0.15) is 45.2 Å². The van der Waals surface area contributed by atoms with Crippen molar-refractivity contribution in [2.75, 3.05) is 37.7 Å². The number of carboxylic acid groups (broad SMARTS) is 2. The maximum atomic E-state index is 13.6. The normalized spacial score (nSPS) is 25.7. The molecule has 0 aliphatic carbocycles. The van der Waals surface area contributed by atoms with Crippen molar-refractivity contribution in [1.82, 2.24) is 19.7 Å². The molecule has 8 rings (SSSR count). The summed E-state index contributed by atoms with van der Waals surface area (Å²) < 4.78 is 2.06. The van der Waals surface area contributed by atoms with Gasteiger partial charge in [-0.25, -0.2) is 14.5 Å². The third kappa shape index (κ3) is 6.50. The molecule has 4 fully saturated rings. The maximum absolute atomic E-state index is 13.6. The molecular weight excluding hydrogens is 731 g/mol. The molecule has 19 heteroatoms. The van der Waals surface area contributed by atoms with E-state index in [1.165, 1.54) is 58.9 Å². The van der Waals surface area contributed by atoms with Gasteiger partial charge in [-0.1, -0.05) is 5.16 Å². The number of aliphatic carboxylic acids is 2. The number of nitrogens with zero attached hydrogens (tertiary/aromatic N) is 6. The van der Waals surface area contributed by atoms with Crippen LogP contribution >= 0.6 is 23.1 Å². The van der Waals surface area contributed by atoms with Crippen molar-refractivity contribution < 1.29 is 48.9 Å². The van der Waals surface area contributed by atoms with Gasteiger partial charge in [0.25, 0.3) is 5.56 Å². The number of thiazole rings is 1. The van der Waals surface area contributed by atoms with Gasteiger partial charge >= 0.3 is 5.97 Å². The van der Waals surface area contributed by atoms with Crippen molar-refractivity contribution >= 4 is 68.3 Å². The molecule has 2 atom stereocenters. The second-order valence-electron chi connectivity index (χ2n) is 14.8. The lowest BCUT2D eigenvalue weighted by Crippen LogP contribution is -2.66. The fourth-order valence-electron chi connectivity index (χ4n) is 7.71. The van der Waals surface area contributed by atoms with Crippen LogP contribution in [0, 0.1) is 11.3 Å². The lowest BCUT2D eigenvalue weighted by molar-refractivity contribution is -0.941. The molecule has 0 spiro atoms. The molecule has 0 saturated carbocycles. The van der Waals surface area contributed by atoms with Crippen LogP contribution < -0.4 is 16.4 Å². The fourth-order valence-corrected chi connectivity index (χ4v) is 9.66. The molecule has 1 aromatic carbocycles. The number of benzene rings is 1. The molecule has 1 amide bonds. The number of carbonyl (C=O) groups is 4. The van der Waals surface area contributed by atoms with Crippen LogP contribution in [0.2, 0.25) is 0 Å². The Labute approximate surface area is 309 Å². The Balaban J connectivity index is 1.04. The fraction of sp³-hybridized carbons (Fsp3) is 0.471. The van der Waals surface area contributed by atoms with E-state index in [4.69, 9.17) is 10.6 Å². The zero-order valence-corrected chi connectivity index (χ0v) is 30.4. The number of anilines is 1. The molecule has 5 aliphatic rings. The lowest BCUT2D eigenvalue weighted by atomic mass is 9.70. The summed E-state index contributed by atoms with van der Waals surface area (Å²) in [5.41, 5.74) is 3.66. The molecular formula is C34H37N7O10S2. The summed E-state index contributed by atoms with van der Waals surface area (Å²) in [5, 5.41) is 51.6. The Morgan fingerprint density at radius 3 is 2.45 bits per heavy atom. The number of aromatic hydroxyl groups is 2. The van der Waals surface area contributed by atoms with Gasteiger partial charge in [0.05, 0.1) is 60.7 Å². The number of phenols is 2. The number of ketones is 1. The minimum atomic E-state index is -1.76. The number of amides is 1. The van der Waals surface area contributed by atoms with Crippen molar-refractivity contribution in [2.45, 2.75) is 57.1 Å². The van der Waals surface area contributed by atoms with Crippen molar-refractivity contribution in [3.8, 4) is 11.5 Å². The number of phenolic OH excluding ortho intramolecular Hbond substituents is 2. The van der Waals surface area contributed by atoms with E-state index in [-0.39, 0.29) is 56.5 Å². The van der Waals surface area contributed by atoms with E-state index in [9.17, 15) is 44.4 Å². The van der Waals surface area contributed by atoms with E-state index in [0.29, 0.717) is 34.3 Å². The van der Waals surface area contributed by atoms with E-state index < -0.39 is 40.5 Å². The van der Waals surface area contributed by atoms with Crippen LogP contribution in [0.25, 0.3) is 10.8 Å². The minimum Gasteiger partial charge on any atom is -0.543 e. The zero-order valence-electron chi connectivity index (χ0n) is 28.8. The first-order valence-electron chi connectivity index (χ1n) is 16.9. The average molecular weight is 768 g/mol. The van der Waals surface area contributed by atoms with Gasteiger partial charge in [-0.15, -0.1) is 23.1 Å². The monoisotopic (exact) mass is 767 g/mol. The Hall–Kier alpha value is -5.01. The number of hydrogen-bond acceptors (Lipinski definition) is 15. The summed E-state index contributed by atoms with van der Waals surface area (Å²) in [4.78, 5) is 75.0. The first-order valence-corrected chi connectivity index (χ1v) is 18.8. The summed E-state index contributed by atoms with van der Waals surface area (Å²) in [5.74, 6) is -5.20. The summed E-state index contributed by atoms with van der Waals surface area (Å²) in [6.07, 6.45) is 3.49. The molecule has 17 nitrogen and oxygen atoms in total. The van der Waals surface area contributed by atoms with Gasteiger partial charge in [0.1, 0.15) is 12.2 Å². The number of oxime groups is 1. The number of carboxylic acids is 2. The Bertz CT molecular complexity index is 2170. The number of aromatic nitrogens is 3. The number of nitrogen functional groups attached to an aromatic ring is 1. The van der Waals surface area contributed by atoms with Gasteiger partial charge < -0.3 is 40.3 Å². The Morgan fingerprint density at radius 1 is 1.15 bits per heavy atom. The Morgan fingerprint density at radius 2 is 1.83 bits per heavy atom. The van der Waals surface area contributed by atoms with Crippen molar-refractivity contribution in [1.29, 1.82) is 0 Å². The Kier molecular flexibility index (Phi) is 9.01. The van der Waals surface area contributed by atoms with Crippen LogP contribution in [-0.2, 0) is 30.6 Å². The van der Waals surface area contributed by atoms with Crippen molar-refractivity contribution in [3.63, 3.8) is 0 Å². The number of fused-ring (bicyclic) bond motifs is 5. The molecule has 5 aliphatic heterocycles. The summed E-state index contributed by atoms with van der Waals surface area (Å²) in [6, 6.07) is 2.55. The quantitative estimate of drug-likeness (QED) is 0.0649. The largest absolute Gasteiger partial charge is 0.543 e. The van der Waals surface area contributed by atoms with Gasteiger partial charge in [0, 0.05) is 53.2 Å². The molecule has 3 aromatic rings. The van der Waals surface area contributed by atoms with E-state index >= 15 is 0 Å². The molecule has 0 radical (unpaired) electrons. The van der Waals surface area contributed by atoms with Crippen LogP contribution in [0.5, 0.6) is 11.5 Å². The molecule has 0 unspecified atom stereocenters. The van der Waals surface area contributed by atoms with Crippen molar-refractivity contribution in [3.05, 3.63) is 51.0 Å². The minimum absolute atomic E-state index is 0.0688. The molecule has 53 heavy (non-hydrogen) atoms. The first kappa shape index (κ1) is 36.4. The van der Waals surface area contributed by atoms with Gasteiger partial charge in [-0.05, 0) is 26.0 Å². The molecule has 2 aromatic heterocycles. The molecule has 280 valence electrons. The highest BCUT2D eigenvalue weighted by atomic mass is 32.2. The van der Waals surface area contributed by atoms with Crippen LogP contribution in [0.3, 0.4) is 0 Å². The highest BCUT2D eigenvalue weighted by Crippen LogP contribution is 2.49. The third-order valence-corrected chi connectivity index (χ3v) is 13.0. The van der Waals surface area contributed by atoms with E-state index in [2.05, 4.69) is 15.2 Å². The van der Waals surface area contributed by atoms with Gasteiger partial charge in [-0.2, -0.15) is 5.10 Å². The first-order chi connectivity index (χ1) is 25.0. The number of β-lactam (4-membered cyclic amide) rings is 1. The zero-order chi connectivity index (χ0) is 38.0. The highest BCUT2D eigenvalue weighted by molar-refractivity contribution is 8.00. The average Bonchev–Trinajstić information content (AvgIpc) is 3.55. The summed E-state index contributed by atoms with van der Waals surface area (Å²) in [7, 11) is 0. The van der Waals surface area contributed by atoms with Crippen LogP contribution in [-0.4, -0.2) is 112 Å². The maximum Gasteiger partial charge on any atom is 0.350 e. The topological polar surface area (TPSA) is 251 Å². The molecule has 2 bridgehead atoms. The number of piperidine rings is 3. The van der Waals surface area contributed by atoms with Crippen LogP contribution in [0.15, 0.2) is 44.9 Å². The molecule has 4 saturated heterocycles. The highest BCUT2D eigenvalue weighted by Gasteiger charge is 2.55. The summed E-state index contributed by atoms with van der Waals surface area (Å²) in [6.45, 7) is 5.55. The van der Waals surface area contributed by atoms with Gasteiger partial charge in [-0.3, -0.25) is 19.3 Å². The second kappa shape index (κ2) is 13.1. The summed E-state index contributed by atoms with van der Waals surface area (Å²) >= 11 is 2.42. The number of quaternary nitrogens is 1. The predicted molar refractivity (Wildman–Crippen MR) is 189 cm³/mol. The third-order valence-electron chi connectivity index (χ3n) is 11.0. The van der Waals surface area contributed by atoms with E-state index in [0.717, 1.165) is 50.2 Å². The predicted octanol–water partition coefficient (Wildman–Crippen LogP) is 0.626. The molecule has 5 N–H and O–H groups in total. The number of rotatable bonds is 12. The SMILES string of the molecule is CC(C)(O/N=C(\C(=O)C[C@@H]1C(=O)N2C(C(=O)[O-])=C(C[N+]34CCC(Cn5ncc6cc(O)c(O)cc6c5=O)(CC3)CC4)CS[C@H]12)c1csc(N)n1)C(=O)O. The number of nitrogens with two attached hydrogens (primary N) is 1. The smallest absolute Gasteiger partial charge is 0.350 e. The van der Waals surface area contributed by atoms with E-state index in [1.807, 2.05) is 0 Å². The lowest BCUT2D eigenvalue weighted by Gasteiger charge is -2.56. The van der Waals surface area contributed by atoms with Crippen LogP contribution in [0.4, 0.5) is 5.13 Å². The standard InChI is InChI=1S/C34H37N7O10S2/c1-33(2,31(49)50)51-38-25(21-15-53-32(35)37-21)24(44)11-20-28(46)40-26(30(47)48)18(14-52-29(20)40)13-41-6-3-34(4-7-41,5-8-41)16-39-27(45)19-10-23(43)22(42)9-17(19)12-36-39/h9-10,12,15,20,29H,3-8,11,13-14,16H2,1-2H3,(H5-,35,36,37,38,42,43,44,45,47,48,49,50)/t20-,29-,34?,41?/m1/s1. The van der Waals surface area contributed by atoms with Crippen molar-refractivity contribution in [2.24, 2.45) is 16.5 Å². The van der Waals surface area contributed by atoms with E-state index in [1.54, 1.807) is 0 Å². The second-order valence-corrected chi connectivity index (χ2v) is 16.8. The van der Waals surface area contributed by atoms with Gasteiger partial charge in [0.2, 0.25) is 11.5 Å². The number of Topliss-reactive ketones (excluding diaryl/α,β-unsaturated/α-hetero) is 1. The molecule has 7 heterocycles. The van der Waals surface area contributed by atoms with Gasteiger partial charge in [0.15, 0.2) is 28.1 Å². The number of hydrogen-bond donors (Lipinski definition) is 4.